The van der Waals surface area contributed by atoms with Crippen LogP contribution < -0.4 is 4.90 Å². The van der Waals surface area contributed by atoms with E-state index in [-0.39, 0.29) is 6.61 Å². The minimum absolute atomic E-state index is 0.0298. The van der Waals surface area contributed by atoms with Crippen molar-refractivity contribution in [1.29, 1.82) is 0 Å². The summed E-state index contributed by atoms with van der Waals surface area (Å²) in [4.78, 5) is 6.78. The Bertz CT molecular complexity index is 553. The minimum atomic E-state index is 0.0298. The van der Waals surface area contributed by atoms with E-state index in [4.69, 9.17) is 0 Å². The van der Waals surface area contributed by atoms with E-state index >= 15 is 0 Å². The van der Waals surface area contributed by atoms with Crippen LogP contribution in [0.4, 0.5) is 5.82 Å². The molecule has 0 bridgehead atoms. The molecular formula is C16H22N2O. The average Bonchev–Trinajstić information content (AvgIpc) is 2.45. The van der Waals surface area contributed by atoms with Crippen LogP contribution in [0.3, 0.4) is 0 Å². The van der Waals surface area contributed by atoms with Crippen LogP contribution in [0.1, 0.15) is 32.3 Å². The molecule has 1 aromatic carbocycles. The molecule has 0 saturated heterocycles. The lowest BCUT2D eigenvalue weighted by Crippen LogP contribution is -2.29. The summed E-state index contributed by atoms with van der Waals surface area (Å²) in [5.41, 5.74) is 0.885. The van der Waals surface area contributed by atoms with Gasteiger partial charge in [-0.25, -0.2) is 4.98 Å². The summed E-state index contributed by atoms with van der Waals surface area (Å²) in [5.74, 6) is 0.994. The van der Waals surface area contributed by atoms with Crippen LogP contribution in [0.25, 0.3) is 10.8 Å². The number of benzene rings is 1. The zero-order valence-electron chi connectivity index (χ0n) is 11.9. The molecule has 0 radical (unpaired) electrons. The number of fused-ring (bicyclic) bond motifs is 1. The van der Waals surface area contributed by atoms with Gasteiger partial charge < -0.3 is 10.0 Å². The predicted molar refractivity (Wildman–Crippen MR) is 80.4 cm³/mol. The molecule has 0 aliphatic heterocycles. The van der Waals surface area contributed by atoms with Crippen LogP contribution in [-0.2, 0) is 6.61 Å². The molecule has 0 fully saturated rings. The van der Waals surface area contributed by atoms with Gasteiger partial charge in [0.1, 0.15) is 5.82 Å². The molecule has 1 unspecified atom stereocenters. The maximum Gasteiger partial charge on any atom is 0.136 e. The van der Waals surface area contributed by atoms with Crippen LogP contribution in [0.5, 0.6) is 0 Å². The molecule has 0 aliphatic rings. The molecule has 3 heteroatoms. The lowest BCUT2D eigenvalue weighted by Gasteiger charge is -2.27. The second-order valence-corrected chi connectivity index (χ2v) is 5.06. The Hall–Kier alpha value is -1.61. The fourth-order valence-electron chi connectivity index (χ4n) is 2.46. The first-order valence-electron chi connectivity index (χ1n) is 6.89. The molecule has 102 valence electrons. The molecule has 3 nitrogen and oxygen atoms in total. The van der Waals surface area contributed by atoms with Crippen LogP contribution in [0.15, 0.2) is 30.5 Å². The molecule has 0 amide bonds. The molecule has 0 spiro atoms. The number of aliphatic hydroxyl groups excluding tert-OH is 1. The van der Waals surface area contributed by atoms with Crippen molar-refractivity contribution in [2.45, 2.75) is 39.3 Å². The van der Waals surface area contributed by atoms with Crippen molar-refractivity contribution in [3.05, 3.63) is 36.0 Å². The van der Waals surface area contributed by atoms with Gasteiger partial charge in [-0.15, -0.1) is 0 Å². The highest BCUT2D eigenvalue weighted by Crippen LogP contribution is 2.28. The summed E-state index contributed by atoms with van der Waals surface area (Å²) in [6.45, 7) is 4.45. The second kappa shape index (κ2) is 6.02. The number of nitrogens with zero attached hydrogens (tertiary/aromatic N) is 2. The molecule has 0 saturated carbocycles. The highest BCUT2D eigenvalue weighted by Gasteiger charge is 2.14. The summed E-state index contributed by atoms with van der Waals surface area (Å²) < 4.78 is 0. The van der Waals surface area contributed by atoms with E-state index < -0.39 is 0 Å². The van der Waals surface area contributed by atoms with Crippen molar-refractivity contribution in [3.63, 3.8) is 0 Å². The zero-order chi connectivity index (χ0) is 13.8. The number of anilines is 1. The third kappa shape index (κ3) is 2.71. The standard InChI is InChI=1S/C16H22N2O/c1-4-7-12(2)18(3)16-15-9-6-5-8-14(15)13(11-19)10-17-16/h5-6,8-10,12,19H,4,7,11H2,1-3H3. The Morgan fingerprint density at radius 3 is 2.58 bits per heavy atom. The molecule has 1 N–H and O–H groups in total. The third-order valence-electron chi connectivity index (χ3n) is 3.73. The van der Waals surface area contributed by atoms with Gasteiger partial charge in [0.25, 0.3) is 0 Å². The lowest BCUT2D eigenvalue weighted by molar-refractivity contribution is 0.283. The van der Waals surface area contributed by atoms with E-state index in [0.29, 0.717) is 6.04 Å². The van der Waals surface area contributed by atoms with Gasteiger partial charge in [-0.05, 0) is 18.7 Å². The van der Waals surface area contributed by atoms with Crippen molar-refractivity contribution in [3.8, 4) is 0 Å². The fraction of sp³-hybridized carbons (Fsp3) is 0.438. The van der Waals surface area contributed by atoms with Crippen molar-refractivity contribution < 1.29 is 5.11 Å². The Balaban J connectivity index is 2.50. The van der Waals surface area contributed by atoms with Gasteiger partial charge in [-0.2, -0.15) is 0 Å². The number of hydrogen-bond donors (Lipinski definition) is 1. The number of aliphatic hydroxyl groups is 1. The number of hydrogen-bond acceptors (Lipinski definition) is 3. The van der Waals surface area contributed by atoms with E-state index in [1.807, 2.05) is 18.2 Å². The van der Waals surface area contributed by atoms with Gasteiger partial charge in [0.2, 0.25) is 0 Å². The van der Waals surface area contributed by atoms with Crippen LogP contribution in [0, 0.1) is 0 Å². The van der Waals surface area contributed by atoms with E-state index in [2.05, 4.69) is 36.8 Å². The fourth-order valence-corrected chi connectivity index (χ4v) is 2.46. The molecule has 1 aromatic heterocycles. The monoisotopic (exact) mass is 258 g/mol. The average molecular weight is 258 g/mol. The van der Waals surface area contributed by atoms with Crippen molar-refractivity contribution in [1.82, 2.24) is 4.98 Å². The first kappa shape index (κ1) is 13.8. The van der Waals surface area contributed by atoms with Crippen LogP contribution in [-0.4, -0.2) is 23.2 Å². The first-order chi connectivity index (χ1) is 9.19. The predicted octanol–water partition coefficient (Wildman–Crippen LogP) is 3.35. The number of rotatable bonds is 5. The summed E-state index contributed by atoms with van der Waals surface area (Å²) >= 11 is 0. The third-order valence-corrected chi connectivity index (χ3v) is 3.73. The zero-order valence-corrected chi connectivity index (χ0v) is 11.9. The first-order valence-corrected chi connectivity index (χ1v) is 6.89. The summed E-state index contributed by atoms with van der Waals surface area (Å²) in [7, 11) is 2.09. The molecule has 1 atom stereocenters. The van der Waals surface area contributed by atoms with Gasteiger partial charge in [-0.1, -0.05) is 37.6 Å². The lowest BCUT2D eigenvalue weighted by atomic mass is 10.1. The topological polar surface area (TPSA) is 36.4 Å². The van der Waals surface area contributed by atoms with Crippen LogP contribution >= 0.6 is 0 Å². The van der Waals surface area contributed by atoms with Crippen molar-refractivity contribution in [2.75, 3.05) is 11.9 Å². The Kier molecular flexibility index (Phi) is 4.38. The maximum absolute atomic E-state index is 9.40. The number of aromatic nitrogens is 1. The van der Waals surface area contributed by atoms with Gasteiger partial charge in [0.05, 0.1) is 6.61 Å². The Morgan fingerprint density at radius 2 is 1.95 bits per heavy atom. The molecular weight excluding hydrogens is 236 g/mol. The van der Waals surface area contributed by atoms with E-state index in [0.717, 1.165) is 35.0 Å². The number of pyridine rings is 1. The minimum Gasteiger partial charge on any atom is -0.392 e. The van der Waals surface area contributed by atoms with Crippen LogP contribution in [0.2, 0.25) is 0 Å². The highest BCUT2D eigenvalue weighted by molar-refractivity contribution is 5.94. The molecule has 2 aromatic rings. The van der Waals surface area contributed by atoms with Gasteiger partial charge in [0.15, 0.2) is 0 Å². The van der Waals surface area contributed by atoms with Crippen molar-refractivity contribution >= 4 is 16.6 Å². The SMILES string of the molecule is CCCC(C)N(C)c1ncc(CO)c2ccccc12. The smallest absolute Gasteiger partial charge is 0.136 e. The molecule has 0 aliphatic carbocycles. The summed E-state index contributed by atoms with van der Waals surface area (Å²) in [6.07, 6.45) is 4.10. The Labute approximate surface area is 114 Å². The Morgan fingerprint density at radius 1 is 1.26 bits per heavy atom. The largest absolute Gasteiger partial charge is 0.392 e. The van der Waals surface area contributed by atoms with Crippen molar-refractivity contribution in [2.24, 2.45) is 0 Å². The normalized spacial score (nSPS) is 12.6. The highest BCUT2D eigenvalue weighted by atomic mass is 16.3. The second-order valence-electron chi connectivity index (χ2n) is 5.06. The van der Waals surface area contributed by atoms with Gasteiger partial charge >= 0.3 is 0 Å². The maximum atomic E-state index is 9.40. The molecule has 2 rings (SSSR count). The quantitative estimate of drug-likeness (QED) is 0.893. The van der Waals surface area contributed by atoms with Gasteiger partial charge in [0, 0.05) is 30.2 Å². The molecule has 1 heterocycles. The summed E-state index contributed by atoms with van der Waals surface area (Å²) in [6, 6.07) is 8.60. The van der Waals surface area contributed by atoms with Gasteiger partial charge in [-0.3, -0.25) is 0 Å². The molecule has 19 heavy (non-hydrogen) atoms. The van der Waals surface area contributed by atoms with E-state index in [1.165, 1.54) is 0 Å². The van der Waals surface area contributed by atoms with E-state index in [9.17, 15) is 5.11 Å². The van der Waals surface area contributed by atoms with E-state index in [1.54, 1.807) is 6.20 Å². The summed E-state index contributed by atoms with van der Waals surface area (Å²) in [5, 5.41) is 11.6.